The first-order valence-corrected chi connectivity index (χ1v) is 6.61. The molecule has 0 unspecified atom stereocenters. The van der Waals surface area contributed by atoms with Crippen LogP contribution in [0, 0.1) is 5.92 Å². The lowest BCUT2D eigenvalue weighted by Crippen LogP contribution is -2.11. The van der Waals surface area contributed by atoms with Gasteiger partial charge in [-0.25, -0.2) is 0 Å². The number of ether oxygens (including phenoxy) is 1. The number of methoxy groups -OCH3 is 1. The van der Waals surface area contributed by atoms with E-state index in [1.807, 2.05) is 12.1 Å². The van der Waals surface area contributed by atoms with Crippen LogP contribution in [0.15, 0.2) is 36.4 Å². The minimum absolute atomic E-state index is 0.147. The monoisotopic (exact) mass is 241 g/mol. The second-order valence-corrected chi connectivity index (χ2v) is 5.19. The van der Waals surface area contributed by atoms with Gasteiger partial charge in [0.1, 0.15) is 5.75 Å². The van der Waals surface area contributed by atoms with E-state index in [1.165, 1.54) is 23.8 Å². The van der Waals surface area contributed by atoms with Crippen LogP contribution in [-0.4, -0.2) is 7.11 Å². The smallest absolute Gasteiger partial charge is 0.126 e. The highest BCUT2D eigenvalue weighted by Crippen LogP contribution is 2.39. The second-order valence-electron chi connectivity index (χ2n) is 5.19. The van der Waals surface area contributed by atoms with Crippen molar-refractivity contribution in [1.82, 2.24) is 0 Å². The Balaban J connectivity index is 2.05. The Bertz CT molecular complexity index is 560. The van der Waals surface area contributed by atoms with Crippen molar-refractivity contribution in [2.24, 2.45) is 11.7 Å². The molecular weight excluding hydrogens is 222 g/mol. The highest BCUT2D eigenvalue weighted by Gasteiger charge is 2.25. The topological polar surface area (TPSA) is 35.2 Å². The van der Waals surface area contributed by atoms with E-state index in [0.717, 1.165) is 23.5 Å². The fraction of sp³-hybridized carbons (Fsp3) is 0.375. The molecule has 2 aromatic carbocycles. The maximum atomic E-state index is 6.35. The van der Waals surface area contributed by atoms with Crippen molar-refractivity contribution in [3.8, 4) is 5.75 Å². The third-order valence-corrected chi connectivity index (χ3v) is 3.82. The number of benzene rings is 2. The van der Waals surface area contributed by atoms with Gasteiger partial charge in [-0.3, -0.25) is 0 Å². The van der Waals surface area contributed by atoms with E-state index in [1.54, 1.807) is 7.11 Å². The molecule has 0 aromatic heterocycles. The van der Waals surface area contributed by atoms with Crippen LogP contribution in [0.5, 0.6) is 5.75 Å². The molecule has 1 saturated carbocycles. The van der Waals surface area contributed by atoms with Crippen LogP contribution in [0.2, 0.25) is 0 Å². The highest BCUT2D eigenvalue weighted by atomic mass is 16.5. The summed E-state index contributed by atoms with van der Waals surface area (Å²) in [5.74, 6) is 1.77. The van der Waals surface area contributed by atoms with Crippen molar-refractivity contribution in [3.63, 3.8) is 0 Å². The summed E-state index contributed by atoms with van der Waals surface area (Å²) >= 11 is 0. The predicted molar refractivity (Wildman–Crippen MR) is 74.8 cm³/mol. The molecule has 0 bridgehead atoms. The normalized spacial score (nSPS) is 16.8. The summed E-state index contributed by atoms with van der Waals surface area (Å²) in [5, 5.41) is 2.38. The Morgan fingerprint density at radius 2 is 1.89 bits per heavy atom. The molecule has 1 atom stereocenters. The Morgan fingerprint density at radius 1 is 1.17 bits per heavy atom. The summed E-state index contributed by atoms with van der Waals surface area (Å²) in [5.41, 5.74) is 7.60. The summed E-state index contributed by atoms with van der Waals surface area (Å²) in [6.07, 6.45) is 3.81. The first kappa shape index (κ1) is 11.5. The average molecular weight is 241 g/mol. The van der Waals surface area contributed by atoms with Gasteiger partial charge < -0.3 is 10.5 Å². The Hall–Kier alpha value is -1.54. The fourth-order valence-corrected chi connectivity index (χ4v) is 2.64. The summed E-state index contributed by atoms with van der Waals surface area (Å²) in [6.45, 7) is 0. The van der Waals surface area contributed by atoms with Crippen LogP contribution in [-0.2, 0) is 0 Å². The molecule has 2 heteroatoms. The number of fused-ring (bicyclic) bond motifs is 1. The van der Waals surface area contributed by atoms with Gasteiger partial charge >= 0.3 is 0 Å². The second kappa shape index (κ2) is 4.62. The van der Waals surface area contributed by atoms with Gasteiger partial charge in [0, 0.05) is 11.4 Å². The molecule has 0 radical (unpaired) electrons. The van der Waals surface area contributed by atoms with E-state index in [9.17, 15) is 0 Å². The quantitative estimate of drug-likeness (QED) is 0.886. The largest absolute Gasteiger partial charge is 0.496 e. The summed E-state index contributed by atoms with van der Waals surface area (Å²) in [6, 6.07) is 12.6. The zero-order chi connectivity index (χ0) is 12.5. The van der Waals surface area contributed by atoms with Crippen molar-refractivity contribution in [2.45, 2.75) is 25.3 Å². The minimum Gasteiger partial charge on any atom is -0.496 e. The van der Waals surface area contributed by atoms with Gasteiger partial charge in [-0.2, -0.15) is 0 Å². The van der Waals surface area contributed by atoms with E-state index in [0.29, 0.717) is 0 Å². The lowest BCUT2D eigenvalue weighted by molar-refractivity contribution is 0.419. The van der Waals surface area contributed by atoms with E-state index < -0.39 is 0 Å². The Morgan fingerprint density at radius 3 is 2.56 bits per heavy atom. The number of hydrogen-bond acceptors (Lipinski definition) is 2. The van der Waals surface area contributed by atoms with Crippen molar-refractivity contribution < 1.29 is 4.74 Å². The maximum absolute atomic E-state index is 6.35. The molecule has 2 N–H and O–H groups in total. The minimum atomic E-state index is 0.147. The molecule has 0 amide bonds. The molecule has 18 heavy (non-hydrogen) atoms. The van der Waals surface area contributed by atoms with Gasteiger partial charge in [0.2, 0.25) is 0 Å². The summed E-state index contributed by atoms with van der Waals surface area (Å²) < 4.78 is 5.41. The van der Waals surface area contributed by atoms with E-state index in [2.05, 4.69) is 24.3 Å². The van der Waals surface area contributed by atoms with Crippen molar-refractivity contribution in [3.05, 3.63) is 42.0 Å². The van der Waals surface area contributed by atoms with Crippen LogP contribution < -0.4 is 10.5 Å². The van der Waals surface area contributed by atoms with Gasteiger partial charge in [-0.1, -0.05) is 43.2 Å². The van der Waals surface area contributed by atoms with Crippen LogP contribution in [0.4, 0.5) is 0 Å². The molecule has 1 aliphatic carbocycles. The SMILES string of the molecule is COc1ccc([C@H](N)CC2CC2)c2ccccc12. The molecule has 3 rings (SSSR count). The average Bonchev–Trinajstić information content (AvgIpc) is 3.21. The standard InChI is InChI=1S/C16H19NO/c1-18-16-9-8-13(15(17)10-11-6-7-11)12-4-2-3-5-14(12)16/h2-5,8-9,11,15H,6-7,10,17H2,1H3/t15-/m1/s1. The van der Waals surface area contributed by atoms with Crippen molar-refractivity contribution in [1.29, 1.82) is 0 Å². The van der Waals surface area contributed by atoms with Crippen LogP contribution in [0.1, 0.15) is 30.9 Å². The molecule has 2 aromatic rings. The molecule has 94 valence electrons. The van der Waals surface area contributed by atoms with Gasteiger partial charge in [0.05, 0.1) is 7.11 Å². The lowest BCUT2D eigenvalue weighted by atomic mass is 9.95. The number of nitrogens with two attached hydrogens (primary N) is 1. The van der Waals surface area contributed by atoms with Gasteiger partial charge in [0.15, 0.2) is 0 Å². The predicted octanol–water partition coefficient (Wildman–Crippen LogP) is 3.65. The van der Waals surface area contributed by atoms with Crippen LogP contribution in [0.3, 0.4) is 0 Å². The van der Waals surface area contributed by atoms with Crippen LogP contribution in [0.25, 0.3) is 10.8 Å². The molecule has 0 aliphatic heterocycles. The lowest BCUT2D eigenvalue weighted by Gasteiger charge is -2.16. The third-order valence-electron chi connectivity index (χ3n) is 3.82. The Labute approximate surface area is 108 Å². The molecule has 1 aliphatic rings. The first-order chi connectivity index (χ1) is 8.79. The number of rotatable bonds is 4. The van der Waals surface area contributed by atoms with Gasteiger partial charge in [-0.05, 0) is 29.4 Å². The van der Waals surface area contributed by atoms with E-state index in [-0.39, 0.29) is 6.04 Å². The van der Waals surface area contributed by atoms with E-state index >= 15 is 0 Å². The zero-order valence-corrected chi connectivity index (χ0v) is 10.7. The van der Waals surface area contributed by atoms with Gasteiger partial charge in [-0.15, -0.1) is 0 Å². The molecule has 2 nitrogen and oxygen atoms in total. The first-order valence-electron chi connectivity index (χ1n) is 6.61. The highest BCUT2D eigenvalue weighted by molar-refractivity contribution is 5.91. The van der Waals surface area contributed by atoms with Crippen molar-refractivity contribution >= 4 is 10.8 Å². The Kier molecular flexibility index (Phi) is 2.96. The summed E-state index contributed by atoms with van der Waals surface area (Å²) in [4.78, 5) is 0. The van der Waals surface area contributed by atoms with Crippen molar-refractivity contribution in [2.75, 3.05) is 7.11 Å². The van der Waals surface area contributed by atoms with Crippen LogP contribution >= 0.6 is 0 Å². The third kappa shape index (κ3) is 2.08. The molecule has 0 spiro atoms. The molecule has 1 fully saturated rings. The molecular formula is C16H19NO. The zero-order valence-electron chi connectivity index (χ0n) is 10.7. The van der Waals surface area contributed by atoms with E-state index in [4.69, 9.17) is 10.5 Å². The maximum Gasteiger partial charge on any atom is 0.126 e. The van der Waals surface area contributed by atoms with Gasteiger partial charge in [0.25, 0.3) is 0 Å². The summed E-state index contributed by atoms with van der Waals surface area (Å²) in [7, 11) is 1.71. The molecule has 0 saturated heterocycles. The fourth-order valence-electron chi connectivity index (χ4n) is 2.64. The molecule has 0 heterocycles. The number of hydrogen-bond donors (Lipinski definition) is 1.